The zero-order valence-corrected chi connectivity index (χ0v) is 11.5. The smallest absolute Gasteiger partial charge is 0.231 e. The van der Waals surface area contributed by atoms with Crippen molar-refractivity contribution < 1.29 is 0 Å². The van der Waals surface area contributed by atoms with E-state index in [4.69, 9.17) is 5.73 Å². The predicted molar refractivity (Wildman–Crippen MR) is 76.1 cm³/mol. The second-order valence-corrected chi connectivity index (χ2v) is 6.03. The van der Waals surface area contributed by atoms with Crippen LogP contribution in [0.5, 0.6) is 0 Å². The molecule has 0 bridgehead atoms. The summed E-state index contributed by atoms with van der Waals surface area (Å²) >= 11 is 0. The van der Waals surface area contributed by atoms with Crippen molar-refractivity contribution in [3.05, 3.63) is 0 Å². The van der Waals surface area contributed by atoms with Gasteiger partial charge in [0.2, 0.25) is 17.8 Å². The van der Waals surface area contributed by atoms with Gasteiger partial charge >= 0.3 is 0 Å². The minimum Gasteiger partial charge on any atom is -0.368 e. The average Bonchev–Trinajstić information content (AvgIpc) is 2.87. The highest BCUT2D eigenvalue weighted by molar-refractivity contribution is 5.42. The van der Waals surface area contributed by atoms with Gasteiger partial charge in [-0.15, -0.1) is 0 Å². The molecular formula is C13H22N6. The summed E-state index contributed by atoms with van der Waals surface area (Å²) in [6.45, 7) is 5.24. The minimum absolute atomic E-state index is 0.304. The fourth-order valence-electron chi connectivity index (χ4n) is 2.77. The van der Waals surface area contributed by atoms with Crippen molar-refractivity contribution in [1.29, 1.82) is 0 Å². The molecule has 3 N–H and O–H groups in total. The Balaban J connectivity index is 1.70. The first-order chi connectivity index (χ1) is 9.15. The van der Waals surface area contributed by atoms with Crippen molar-refractivity contribution in [1.82, 2.24) is 15.0 Å². The molecule has 0 radical (unpaired) electrons. The van der Waals surface area contributed by atoms with Crippen LogP contribution in [-0.4, -0.2) is 34.6 Å². The van der Waals surface area contributed by atoms with E-state index in [1.807, 2.05) is 0 Å². The maximum atomic E-state index is 5.78. The molecule has 19 heavy (non-hydrogen) atoms. The van der Waals surface area contributed by atoms with Crippen LogP contribution < -0.4 is 16.0 Å². The molecule has 0 amide bonds. The lowest BCUT2D eigenvalue weighted by Gasteiger charge is -2.38. The summed E-state index contributed by atoms with van der Waals surface area (Å²) in [5.74, 6) is 1.63. The van der Waals surface area contributed by atoms with Gasteiger partial charge in [-0.3, -0.25) is 0 Å². The highest BCUT2D eigenvalue weighted by Gasteiger charge is 2.31. The molecule has 0 spiro atoms. The van der Waals surface area contributed by atoms with Crippen molar-refractivity contribution in [2.45, 2.75) is 39.0 Å². The molecular weight excluding hydrogens is 240 g/mol. The van der Waals surface area contributed by atoms with Crippen molar-refractivity contribution in [3.63, 3.8) is 0 Å². The van der Waals surface area contributed by atoms with Gasteiger partial charge in [-0.2, -0.15) is 15.0 Å². The quantitative estimate of drug-likeness (QED) is 0.859. The van der Waals surface area contributed by atoms with Crippen LogP contribution in [0.4, 0.5) is 17.8 Å². The molecule has 2 aliphatic rings. The topological polar surface area (TPSA) is 80.0 Å². The van der Waals surface area contributed by atoms with Gasteiger partial charge in [0.25, 0.3) is 0 Å². The fraction of sp³-hybridized carbons (Fsp3) is 0.769. The molecule has 1 aromatic heterocycles. The number of hydrogen-bond acceptors (Lipinski definition) is 6. The Kier molecular flexibility index (Phi) is 3.16. The lowest BCUT2D eigenvalue weighted by molar-refractivity contribution is 0.179. The Hall–Kier alpha value is -1.59. The van der Waals surface area contributed by atoms with E-state index in [2.05, 4.69) is 32.1 Å². The number of nitrogens with one attached hydrogen (secondary N) is 1. The Labute approximate surface area is 113 Å². The number of nitrogen functional groups attached to an aromatic ring is 1. The predicted octanol–water partition coefficient (Wildman–Crippen LogP) is 1.66. The van der Waals surface area contributed by atoms with E-state index in [1.54, 1.807) is 0 Å². The van der Waals surface area contributed by atoms with Crippen molar-refractivity contribution in [3.8, 4) is 0 Å². The number of hydrogen-bond donors (Lipinski definition) is 2. The van der Waals surface area contributed by atoms with Crippen LogP contribution in [0, 0.1) is 5.41 Å². The summed E-state index contributed by atoms with van der Waals surface area (Å²) < 4.78 is 0. The lowest BCUT2D eigenvalue weighted by Crippen LogP contribution is -2.34. The standard InChI is InChI=1S/C13H22N6/c1-13(5-4-6-13)9-15-11-16-10(14)17-12(18-11)19-7-2-3-8-19/h2-9H2,1H3,(H3,14,15,16,17,18). The summed E-state index contributed by atoms with van der Waals surface area (Å²) in [5, 5.41) is 3.32. The molecule has 0 aromatic carbocycles. The first kappa shape index (κ1) is 12.4. The number of rotatable bonds is 4. The first-order valence-electron chi connectivity index (χ1n) is 7.15. The Morgan fingerprint density at radius 3 is 2.53 bits per heavy atom. The normalized spacial score (nSPS) is 21.2. The van der Waals surface area contributed by atoms with Gasteiger partial charge in [0.1, 0.15) is 0 Å². The van der Waals surface area contributed by atoms with E-state index >= 15 is 0 Å². The van der Waals surface area contributed by atoms with Crippen LogP contribution in [0.15, 0.2) is 0 Å². The van der Waals surface area contributed by atoms with E-state index in [-0.39, 0.29) is 0 Å². The van der Waals surface area contributed by atoms with E-state index in [1.165, 1.54) is 32.1 Å². The number of anilines is 3. The monoisotopic (exact) mass is 262 g/mol. The maximum absolute atomic E-state index is 5.78. The number of nitrogens with zero attached hydrogens (tertiary/aromatic N) is 4. The maximum Gasteiger partial charge on any atom is 0.231 e. The molecule has 6 heteroatoms. The third kappa shape index (κ3) is 2.72. The summed E-state index contributed by atoms with van der Waals surface area (Å²) in [7, 11) is 0. The van der Waals surface area contributed by atoms with Crippen LogP contribution in [0.1, 0.15) is 39.0 Å². The van der Waals surface area contributed by atoms with Gasteiger partial charge in [-0.25, -0.2) is 0 Å². The van der Waals surface area contributed by atoms with E-state index < -0.39 is 0 Å². The average molecular weight is 262 g/mol. The Morgan fingerprint density at radius 2 is 1.89 bits per heavy atom. The Morgan fingerprint density at radius 1 is 1.16 bits per heavy atom. The highest BCUT2D eigenvalue weighted by atomic mass is 15.3. The van der Waals surface area contributed by atoms with Crippen LogP contribution >= 0.6 is 0 Å². The zero-order chi connectivity index (χ0) is 13.3. The van der Waals surface area contributed by atoms with E-state index in [9.17, 15) is 0 Å². The summed E-state index contributed by atoms with van der Waals surface area (Å²) in [4.78, 5) is 15.1. The first-order valence-corrected chi connectivity index (χ1v) is 7.15. The van der Waals surface area contributed by atoms with Crippen LogP contribution in [0.25, 0.3) is 0 Å². The zero-order valence-electron chi connectivity index (χ0n) is 11.5. The highest BCUT2D eigenvalue weighted by Crippen LogP contribution is 2.40. The second-order valence-electron chi connectivity index (χ2n) is 6.03. The molecule has 104 valence electrons. The van der Waals surface area contributed by atoms with E-state index in [0.717, 1.165) is 19.6 Å². The van der Waals surface area contributed by atoms with Gasteiger partial charge in [0.05, 0.1) is 0 Å². The van der Waals surface area contributed by atoms with Gasteiger partial charge in [-0.1, -0.05) is 13.3 Å². The molecule has 3 rings (SSSR count). The van der Waals surface area contributed by atoms with Gasteiger partial charge in [0.15, 0.2) is 0 Å². The minimum atomic E-state index is 0.304. The molecule has 1 saturated carbocycles. The molecule has 2 fully saturated rings. The number of aromatic nitrogens is 3. The third-order valence-electron chi connectivity index (χ3n) is 4.26. The van der Waals surface area contributed by atoms with Gasteiger partial charge in [-0.05, 0) is 31.1 Å². The lowest BCUT2D eigenvalue weighted by atomic mass is 9.70. The Bertz CT molecular complexity index is 450. The van der Waals surface area contributed by atoms with Gasteiger partial charge < -0.3 is 16.0 Å². The molecule has 0 atom stereocenters. The summed E-state index contributed by atoms with van der Waals surface area (Å²) in [6.07, 6.45) is 6.29. The third-order valence-corrected chi connectivity index (χ3v) is 4.26. The molecule has 2 heterocycles. The number of nitrogens with two attached hydrogens (primary N) is 1. The molecule has 1 aliphatic heterocycles. The molecule has 0 unspecified atom stereocenters. The fourth-order valence-corrected chi connectivity index (χ4v) is 2.77. The summed E-state index contributed by atoms with van der Waals surface area (Å²) in [6, 6.07) is 0. The molecule has 1 aromatic rings. The van der Waals surface area contributed by atoms with E-state index in [0.29, 0.717) is 23.3 Å². The molecule has 1 saturated heterocycles. The molecule has 1 aliphatic carbocycles. The molecule has 6 nitrogen and oxygen atoms in total. The van der Waals surface area contributed by atoms with Gasteiger partial charge in [0, 0.05) is 19.6 Å². The van der Waals surface area contributed by atoms with Crippen LogP contribution in [0.2, 0.25) is 0 Å². The largest absolute Gasteiger partial charge is 0.368 e. The summed E-state index contributed by atoms with van der Waals surface area (Å²) in [5.41, 5.74) is 6.18. The van der Waals surface area contributed by atoms with Crippen LogP contribution in [-0.2, 0) is 0 Å². The van der Waals surface area contributed by atoms with Crippen molar-refractivity contribution >= 4 is 17.8 Å². The van der Waals surface area contributed by atoms with Crippen molar-refractivity contribution in [2.24, 2.45) is 5.41 Å². The van der Waals surface area contributed by atoms with Crippen LogP contribution in [0.3, 0.4) is 0 Å². The second kappa shape index (κ2) is 4.83. The SMILES string of the molecule is CC1(CNc2nc(N)nc(N3CCCC3)n2)CCC1. The van der Waals surface area contributed by atoms with Crippen molar-refractivity contribution in [2.75, 3.05) is 35.6 Å².